The molecule has 1 aromatic carbocycles. The van der Waals surface area contributed by atoms with E-state index in [0.717, 1.165) is 54.4 Å². The van der Waals surface area contributed by atoms with Crippen LogP contribution in [0, 0.1) is 6.92 Å². The lowest BCUT2D eigenvalue weighted by atomic mass is 10.2. The van der Waals surface area contributed by atoms with Gasteiger partial charge in [0.05, 0.1) is 17.3 Å². The molecule has 0 radical (unpaired) electrons. The number of halogens is 1. The zero-order valence-electron chi connectivity index (χ0n) is 14.7. The average molecular weight is 378 g/mol. The summed E-state index contributed by atoms with van der Waals surface area (Å²) in [6.07, 6.45) is 1.91. The summed E-state index contributed by atoms with van der Waals surface area (Å²) in [6, 6.07) is 8.04. The largest absolute Gasteiger partial charge is 0.367 e. The number of piperazine rings is 1. The Hall–Kier alpha value is -1.79. The quantitative estimate of drug-likeness (QED) is 0.655. The second-order valence-corrected chi connectivity index (χ2v) is 7.69. The molecule has 25 heavy (non-hydrogen) atoms. The molecule has 1 aliphatic heterocycles. The minimum Gasteiger partial charge on any atom is -0.367 e. The van der Waals surface area contributed by atoms with E-state index in [1.54, 1.807) is 11.3 Å². The topological polar surface area (TPSA) is 43.8 Å². The lowest BCUT2D eigenvalue weighted by molar-refractivity contribution is 0.372. The van der Waals surface area contributed by atoms with Crippen molar-refractivity contribution in [1.82, 2.24) is 15.2 Å². The van der Waals surface area contributed by atoms with Gasteiger partial charge in [0.15, 0.2) is 5.96 Å². The Balaban J connectivity index is 1.63. The van der Waals surface area contributed by atoms with E-state index in [-0.39, 0.29) is 0 Å². The van der Waals surface area contributed by atoms with Crippen molar-refractivity contribution < 1.29 is 0 Å². The van der Waals surface area contributed by atoms with Crippen LogP contribution in [0.4, 0.5) is 5.69 Å². The highest BCUT2D eigenvalue weighted by Crippen LogP contribution is 2.26. The van der Waals surface area contributed by atoms with Gasteiger partial charge in [0.25, 0.3) is 0 Å². The van der Waals surface area contributed by atoms with Gasteiger partial charge in [-0.2, -0.15) is 0 Å². The Labute approximate surface area is 158 Å². The van der Waals surface area contributed by atoms with Crippen molar-refractivity contribution in [3.05, 3.63) is 45.4 Å². The molecule has 134 valence electrons. The molecule has 1 fully saturated rings. The number of benzene rings is 1. The number of guanidine groups is 1. The average Bonchev–Trinajstić information content (AvgIpc) is 3.05. The molecule has 0 amide bonds. The van der Waals surface area contributed by atoms with Gasteiger partial charge in [0.1, 0.15) is 5.01 Å². The van der Waals surface area contributed by atoms with Crippen LogP contribution in [0.2, 0.25) is 5.02 Å². The number of aryl methyl sites for hydroxylation is 1. The molecule has 3 rings (SSSR count). The van der Waals surface area contributed by atoms with Crippen LogP contribution in [0.5, 0.6) is 0 Å². The van der Waals surface area contributed by atoms with E-state index in [0.29, 0.717) is 6.54 Å². The second kappa shape index (κ2) is 8.54. The van der Waals surface area contributed by atoms with Crippen LogP contribution >= 0.6 is 22.9 Å². The summed E-state index contributed by atoms with van der Waals surface area (Å²) in [5.74, 6) is 0.967. The number of hydrogen-bond acceptors (Lipinski definition) is 4. The summed E-state index contributed by atoms with van der Waals surface area (Å²) in [5.41, 5.74) is 1.11. The smallest absolute Gasteiger partial charge is 0.194 e. The van der Waals surface area contributed by atoms with Crippen LogP contribution in [0.15, 0.2) is 35.5 Å². The van der Waals surface area contributed by atoms with Gasteiger partial charge < -0.3 is 15.1 Å². The fraction of sp³-hybridized carbons (Fsp3) is 0.444. The molecule has 0 bridgehead atoms. The highest BCUT2D eigenvalue weighted by Gasteiger charge is 2.21. The molecule has 2 heterocycles. The standard InChI is InChI=1S/C18H24ClN5S/c1-3-20-18(22-13-17-21-12-14(2)25-17)24-10-8-23(9-11-24)16-7-5-4-6-15(16)19/h4-7,12H,3,8-11,13H2,1-2H3,(H,20,22). The maximum absolute atomic E-state index is 6.33. The molecule has 0 atom stereocenters. The molecule has 7 heteroatoms. The molecular weight excluding hydrogens is 354 g/mol. The first-order valence-corrected chi connectivity index (χ1v) is 9.81. The molecule has 1 aromatic heterocycles. The van der Waals surface area contributed by atoms with Gasteiger partial charge >= 0.3 is 0 Å². The van der Waals surface area contributed by atoms with Crippen molar-refractivity contribution >= 4 is 34.6 Å². The third-order valence-electron chi connectivity index (χ3n) is 4.14. The first-order valence-electron chi connectivity index (χ1n) is 8.61. The monoisotopic (exact) mass is 377 g/mol. The van der Waals surface area contributed by atoms with Crippen LogP contribution in [0.1, 0.15) is 16.8 Å². The van der Waals surface area contributed by atoms with Crippen molar-refractivity contribution in [1.29, 1.82) is 0 Å². The van der Waals surface area contributed by atoms with Crippen molar-refractivity contribution in [3.8, 4) is 0 Å². The molecule has 0 aliphatic carbocycles. The summed E-state index contributed by atoms with van der Waals surface area (Å²) >= 11 is 8.03. The fourth-order valence-corrected chi connectivity index (χ4v) is 3.88. The predicted molar refractivity (Wildman–Crippen MR) is 107 cm³/mol. The molecule has 2 aromatic rings. The van der Waals surface area contributed by atoms with Crippen molar-refractivity contribution in [2.45, 2.75) is 20.4 Å². The number of anilines is 1. The highest BCUT2D eigenvalue weighted by atomic mass is 35.5. The van der Waals surface area contributed by atoms with Gasteiger partial charge in [-0.25, -0.2) is 9.98 Å². The Bertz CT molecular complexity index is 722. The molecular formula is C18H24ClN5S. The van der Waals surface area contributed by atoms with Gasteiger partial charge in [0, 0.05) is 43.8 Å². The van der Waals surface area contributed by atoms with Gasteiger partial charge in [-0.15, -0.1) is 11.3 Å². The van der Waals surface area contributed by atoms with Crippen LogP contribution in [-0.4, -0.2) is 48.6 Å². The van der Waals surface area contributed by atoms with Crippen molar-refractivity contribution in [2.24, 2.45) is 4.99 Å². The second-order valence-electron chi connectivity index (χ2n) is 5.96. The molecule has 0 spiro atoms. The molecule has 5 nitrogen and oxygen atoms in total. The summed E-state index contributed by atoms with van der Waals surface area (Å²) in [4.78, 5) is 15.0. The molecule has 1 N–H and O–H groups in total. The third kappa shape index (κ3) is 4.64. The van der Waals surface area contributed by atoms with Crippen LogP contribution < -0.4 is 10.2 Å². The van der Waals surface area contributed by atoms with E-state index in [1.807, 2.05) is 24.4 Å². The molecule has 1 aliphatic rings. The lowest BCUT2D eigenvalue weighted by Crippen LogP contribution is -2.52. The van der Waals surface area contributed by atoms with Crippen molar-refractivity contribution in [2.75, 3.05) is 37.6 Å². The highest BCUT2D eigenvalue weighted by molar-refractivity contribution is 7.11. The number of aliphatic imine (C=N–C) groups is 1. The van der Waals surface area contributed by atoms with Crippen LogP contribution in [0.3, 0.4) is 0 Å². The van der Waals surface area contributed by atoms with Crippen LogP contribution in [-0.2, 0) is 6.54 Å². The van der Waals surface area contributed by atoms with Crippen LogP contribution in [0.25, 0.3) is 0 Å². The number of aromatic nitrogens is 1. The van der Waals surface area contributed by atoms with Gasteiger partial charge in [0.2, 0.25) is 0 Å². The number of rotatable bonds is 4. The molecule has 1 saturated heterocycles. The third-order valence-corrected chi connectivity index (χ3v) is 5.36. The Morgan fingerprint density at radius 1 is 1.28 bits per heavy atom. The van der Waals surface area contributed by atoms with Gasteiger partial charge in [-0.1, -0.05) is 23.7 Å². The van der Waals surface area contributed by atoms with E-state index in [4.69, 9.17) is 16.6 Å². The van der Waals surface area contributed by atoms with E-state index in [9.17, 15) is 0 Å². The minimum atomic E-state index is 0.631. The summed E-state index contributed by atoms with van der Waals surface area (Å²) in [7, 11) is 0. The van der Waals surface area contributed by atoms with Gasteiger partial charge in [-0.3, -0.25) is 0 Å². The normalized spacial score (nSPS) is 15.6. The minimum absolute atomic E-state index is 0.631. The number of hydrogen-bond donors (Lipinski definition) is 1. The van der Waals surface area contributed by atoms with E-state index in [2.05, 4.69) is 40.0 Å². The SMILES string of the molecule is CCNC(=NCc1ncc(C)s1)N1CCN(c2ccccc2Cl)CC1. The van der Waals surface area contributed by atoms with E-state index in [1.165, 1.54) is 4.88 Å². The zero-order chi connectivity index (χ0) is 17.6. The lowest BCUT2D eigenvalue weighted by Gasteiger charge is -2.38. The number of para-hydroxylation sites is 1. The first kappa shape index (κ1) is 18.0. The van der Waals surface area contributed by atoms with E-state index >= 15 is 0 Å². The summed E-state index contributed by atoms with van der Waals surface area (Å²) < 4.78 is 0. The van der Waals surface area contributed by atoms with E-state index < -0.39 is 0 Å². The molecule has 0 unspecified atom stereocenters. The molecule has 0 saturated carbocycles. The summed E-state index contributed by atoms with van der Waals surface area (Å²) in [6.45, 7) is 9.38. The fourth-order valence-electron chi connectivity index (χ4n) is 2.91. The number of nitrogens with one attached hydrogen (secondary N) is 1. The van der Waals surface area contributed by atoms with Gasteiger partial charge in [-0.05, 0) is 26.0 Å². The number of nitrogens with zero attached hydrogens (tertiary/aromatic N) is 4. The Morgan fingerprint density at radius 2 is 2.04 bits per heavy atom. The van der Waals surface area contributed by atoms with Crippen molar-refractivity contribution in [3.63, 3.8) is 0 Å². The Morgan fingerprint density at radius 3 is 2.68 bits per heavy atom. The first-order chi connectivity index (χ1) is 12.2. The number of thiazole rings is 1. The Kier molecular flexibility index (Phi) is 6.15. The summed E-state index contributed by atoms with van der Waals surface area (Å²) in [5, 5.41) is 5.28. The maximum atomic E-state index is 6.33. The maximum Gasteiger partial charge on any atom is 0.194 e. The zero-order valence-corrected chi connectivity index (χ0v) is 16.3. The predicted octanol–water partition coefficient (Wildman–Crippen LogP) is 3.39.